The van der Waals surface area contributed by atoms with Crippen molar-refractivity contribution in [3.05, 3.63) is 83.7 Å². The maximum Gasteiger partial charge on any atom is 0.274 e. The van der Waals surface area contributed by atoms with Crippen molar-refractivity contribution in [1.82, 2.24) is 15.1 Å². The van der Waals surface area contributed by atoms with Crippen LogP contribution in [0, 0.1) is 18.3 Å². The number of nitrogens with zero attached hydrogens (tertiary/aromatic N) is 4. The number of nitriles is 1. The lowest BCUT2D eigenvalue weighted by atomic mass is 10.2. The molecule has 2 aromatic carbocycles. The smallest absolute Gasteiger partial charge is 0.274 e. The lowest BCUT2D eigenvalue weighted by molar-refractivity contribution is 0.102. The molecule has 0 saturated heterocycles. The van der Waals surface area contributed by atoms with Crippen molar-refractivity contribution in [1.29, 1.82) is 5.26 Å². The first-order valence-electron chi connectivity index (χ1n) is 9.07. The lowest BCUT2D eigenvalue weighted by Crippen LogP contribution is -2.15. The van der Waals surface area contributed by atoms with Gasteiger partial charge in [-0.3, -0.25) is 4.79 Å². The van der Waals surface area contributed by atoms with Gasteiger partial charge in [-0.2, -0.15) is 5.26 Å². The Balaban J connectivity index is 1.69. The van der Waals surface area contributed by atoms with Gasteiger partial charge in [-0.1, -0.05) is 41.6 Å². The zero-order valence-corrected chi connectivity index (χ0v) is 16.0. The van der Waals surface area contributed by atoms with Gasteiger partial charge in [-0.25, -0.2) is 9.97 Å². The number of carbonyl (C=O) groups is 1. The van der Waals surface area contributed by atoms with Crippen LogP contribution in [-0.2, 0) is 0 Å². The highest BCUT2D eigenvalue weighted by Gasteiger charge is 2.15. The van der Waals surface area contributed by atoms with E-state index in [1.54, 1.807) is 37.3 Å². The first kappa shape index (κ1) is 18.8. The second-order valence-corrected chi connectivity index (χ2v) is 6.42. The number of nitrogens with one attached hydrogen (secondary N) is 2. The summed E-state index contributed by atoms with van der Waals surface area (Å²) in [5.41, 5.74) is 1.87. The zero-order valence-electron chi connectivity index (χ0n) is 16.0. The van der Waals surface area contributed by atoms with Gasteiger partial charge in [0.05, 0.1) is 11.6 Å². The molecule has 146 valence electrons. The average molecular weight is 396 g/mol. The molecule has 1 amide bonds. The molecule has 0 aliphatic heterocycles. The molecule has 0 radical (unpaired) electrons. The van der Waals surface area contributed by atoms with Crippen LogP contribution in [0.2, 0.25) is 0 Å². The molecule has 0 aliphatic rings. The quantitative estimate of drug-likeness (QED) is 0.516. The van der Waals surface area contributed by atoms with Gasteiger partial charge < -0.3 is 15.2 Å². The zero-order chi connectivity index (χ0) is 20.9. The molecular formula is C22H16N6O2. The number of carbonyl (C=O) groups excluding carboxylic acids is 1. The largest absolute Gasteiger partial charge is 0.360 e. The second-order valence-electron chi connectivity index (χ2n) is 6.42. The summed E-state index contributed by atoms with van der Waals surface area (Å²) >= 11 is 0. The molecule has 4 aromatic rings. The number of hydrogen-bond acceptors (Lipinski definition) is 7. The number of hydrogen-bond donors (Lipinski definition) is 2. The molecule has 0 atom stereocenters. The van der Waals surface area contributed by atoms with Crippen LogP contribution in [0.5, 0.6) is 0 Å². The van der Waals surface area contributed by atoms with E-state index in [1.807, 2.05) is 36.4 Å². The fourth-order valence-electron chi connectivity index (χ4n) is 2.76. The van der Waals surface area contributed by atoms with E-state index in [4.69, 9.17) is 9.78 Å². The molecule has 2 heterocycles. The Morgan fingerprint density at radius 1 is 1.00 bits per heavy atom. The number of aryl methyl sites for hydroxylation is 1. The van der Waals surface area contributed by atoms with Crippen molar-refractivity contribution in [3.63, 3.8) is 0 Å². The summed E-state index contributed by atoms with van der Waals surface area (Å²) in [6, 6.07) is 21.3. The summed E-state index contributed by atoms with van der Waals surface area (Å²) in [6.07, 6.45) is 0. The molecule has 2 N–H and O–H groups in total. The number of rotatable bonds is 5. The molecule has 8 heteroatoms. The summed E-state index contributed by atoms with van der Waals surface area (Å²) in [7, 11) is 0. The predicted molar refractivity (Wildman–Crippen MR) is 111 cm³/mol. The van der Waals surface area contributed by atoms with E-state index < -0.39 is 5.91 Å². The Morgan fingerprint density at radius 2 is 1.83 bits per heavy atom. The van der Waals surface area contributed by atoms with E-state index in [-0.39, 0.29) is 5.69 Å². The van der Waals surface area contributed by atoms with Gasteiger partial charge in [0, 0.05) is 23.4 Å². The molecule has 0 unspecified atom stereocenters. The van der Waals surface area contributed by atoms with Crippen LogP contribution in [0.3, 0.4) is 0 Å². The van der Waals surface area contributed by atoms with E-state index >= 15 is 0 Å². The number of anilines is 3. The maximum absolute atomic E-state index is 12.9. The van der Waals surface area contributed by atoms with Crippen molar-refractivity contribution in [2.24, 2.45) is 0 Å². The second kappa shape index (κ2) is 8.24. The minimum Gasteiger partial charge on any atom is -0.360 e. The molecule has 8 nitrogen and oxygen atoms in total. The molecule has 0 spiro atoms. The third-order valence-electron chi connectivity index (χ3n) is 4.12. The van der Waals surface area contributed by atoms with E-state index in [1.165, 1.54) is 6.07 Å². The molecule has 2 aromatic heterocycles. The number of benzene rings is 2. The first-order valence-corrected chi connectivity index (χ1v) is 9.07. The van der Waals surface area contributed by atoms with Crippen LogP contribution in [0.25, 0.3) is 11.4 Å². The van der Waals surface area contributed by atoms with Crippen LogP contribution in [0.4, 0.5) is 17.3 Å². The summed E-state index contributed by atoms with van der Waals surface area (Å²) in [5.74, 6) is 1.47. The van der Waals surface area contributed by atoms with Crippen molar-refractivity contribution in [2.75, 3.05) is 10.6 Å². The Labute approximate surface area is 172 Å². The monoisotopic (exact) mass is 396 g/mol. The van der Waals surface area contributed by atoms with Crippen molar-refractivity contribution < 1.29 is 9.32 Å². The van der Waals surface area contributed by atoms with Gasteiger partial charge >= 0.3 is 0 Å². The van der Waals surface area contributed by atoms with Crippen LogP contribution in [0.15, 0.2) is 71.3 Å². The van der Waals surface area contributed by atoms with E-state index in [9.17, 15) is 4.79 Å². The minimum atomic E-state index is -0.427. The van der Waals surface area contributed by atoms with E-state index in [0.29, 0.717) is 34.5 Å². The first-order chi connectivity index (χ1) is 14.6. The van der Waals surface area contributed by atoms with Crippen LogP contribution in [-0.4, -0.2) is 21.0 Å². The molecule has 0 aliphatic carbocycles. The Hall–Kier alpha value is -4.51. The Morgan fingerprint density at radius 3 is 2.57 bits per heavy atom. The SMILES string of the molecule is Cc1cc(Nc2cc(C(=O)Nc3cccc(C#N)c3)nc(-c3ccccc3)n2)no1. The van der Waals surface area contributed by atoms with Crippen LogP contribution < -0.4 is 10.6 Å². The predicted octanol–water partition coefficient (Wildman–Crippen LogP) is 4.31. The highest BCUT2D eigenvalue weighted by atomic mass is 16.5. The van der Waals surface area contributed by atoms with Gasteiger partial charge in [0.25, 0.3) is 5.91 Å². The third kappa shape index (κ3) is 4.31. The summed E-state index contributed by atoms with van der Waals surface area (Å²) < 4.78 is 5.07. The topological polar surface area (TPSA) is 117 Å². The number of aromatic nitrogens is 3. The standard InChI is InChI=1S/C22H16N6O2/c1-14-10-20(28-30-14)26-19-12-18(25-21(27-19)16-7-3-2-4-8-16)22(29)24-17-9-5-6-15(11-17)13-23/h2-12H,1H3,(H,24,29)(H,25,26,27,28). The fourth-order valence-corrected chi connectivity index (χ4v) is 2.76. The van der Waals surface area contributed by atoms with Crippen LogP contribution in [0.1, 0.15) is 21.8 Å². The van der Waals surface area contributed by atoms with Gasteiger partial charge in [-0.05, 0) is 25.1 Å². The van der Waals surface area contributed by atoms with Crippen molar-refractivity contribution in [2.45, 2.75) is 6.92 Å². The lowest BCUT2D eigenvalue weighted by Gasteiger charge is -2.10. The fraction of sp³-hybridized carbons (Fsp3) is 0.0455. The van der Waals surface area contributed by atoms with Crippen molar-refractivity contribution in [3.8, 4) is 17.5 Å². The molecule has 4 rings (SSSR count). The summed E-state index contributed by atoms with van der Waals surface area (Å²) in [6.45, 7) is 1.78. The normalized spacial score (nSPS) is 10.3. The summed E-state index contributed by atoms with van der Waals surface area (Å²) in [5, 5.41) is 18.7. The van der Waals surface area contributed by atoms with E-state index in [2.05, 4.69) is 25.8 Å². The molecular weight excluding hydrogens is 380 g/mol. The number of amides is 1. The Bertz CT molecular complexity index is 1240. The minimum absolute atomic E-state index is 0.161. The molecule has 0 fully saturated rings. The highest BCUT2D eigenvalue weighted by molar-refractivity contribution is 6.03. The van der Waals surface area contributed by atoms with Crippen molar-refractivity contribution >= 4 is 23.2 Å². The molecule has 30 heavy (non-hydrogen) atoms. The third-order valence-corrected chi connectivity index (χ3v) is 4.12. The van der Waals surface area contributed by atoms with Gasteiger partial charge in [-0.15, -0.1) is 0 Å². The summed E-state index contributed by atoms with van der Waals surface area (Å²) in [4.78, 5) is 21.8. The van der Waals surface area contributed by atoms with Gasteiger partial charge in [0.2, 0.25) is 0 Å². The van der Waals surface area contributed by atoms with Crippen LogP contribution >= 0.6 is 0 Å². The van der Waals surface area contributed by atoms with E-state index in [0.717, 1.165) is 5.56 Å². The maximum atomic E-state index is 12.9. The molecule has 0 bridgehead atoms. The van der Waals surface area contributed by atoms with Gasteiger partial charge in [0.1, 0.15) is 17.3 Å². The Kier molecular flexibility index (Phi) is 5.17. The molecule has 0 saturated carbocycles. The average Bonchev–Trinajstić information content (AvgIpc) is 3.18. The highest BCUT2D eigenvalue weighted by Crippen LogP contribution is 2.21. The van der Waals surface area contributed by atoms with Gasteiger partial charge in [0.15, 0.2) is 11.6 Å².